The van der Waals surface area contributed by atoms with Gasteiger partial charge in [-0.25, -0.2) is 4.98 Å². The molecule has 0 aromatic carbocycles. The van der Waals surface area contributed by atoms with Gasteiger partial charge in [0.15, 0.2) is 5.82 Å². The van der Waals surface area contributed by atoms with E-state index in [1.165, 1.54) is 0 Å². The molecule has 13 heavy (non-hydrogen) atoms. The molecule has 0 fully saturated rings. The minimum absolute atomic E-state index is 0.264. The van der Waals surface area contributed by atoms with Crippen LogP contribution in [0.25, 0.3) is 10.7 Å². The van der Waals surface area contributed by atoms with Crippen LogP contribution in [-0.2, 0) is 0 Å². The zero-order valence-corrected chi connectivity index (χ0v) is 8.14. The van der Waals surface area contributed by atoms with E-state index in [1.54, 1.807) is 11.3 Å². The van der Waals surface area contributed by atoms with E-state index in [4.69, 9.17) is 5.73 Å². The molecule has 2 heterocycles. The van der Waals surface area contributed by atoms with Crippen molar-refractivity contribution in [3.8, 4) is 10.7 Å². The highest BCUT2D eigenvalue weighted by Crippen LogP contribution is 2.26. The molecule has 0 spiro atoms. The number of hydrogen-bond donors (Lipinski definition) is 2. The van der Waals surface area contributed by atoms with Crippen molar-refractivity contribution >= 4 is 17.3 Å². The molecule has 3 N–H and O–H groups in total. The fourth-order valence-electron chi connectivity index (χ4n) is 1.13. The second-order valence-electron chi connectivity index (χ2n) is 2.69. The number of H-pyrrole nitrogens is 1. The second-order valence-corrected chi connectivity index (χ2v) is 3.89. The summed E-state index contributed by atoms with van der Waals surface area (Å²) in [7, 11) is 0. The van der Waals surface area contributed by atoms with Crippen LogP contribution in [0.3, 0.4) is 0 Å². The van der Waals surface area contributed by atoms with E-state index in [0.29, 0.717) is 5.82 Å². The van der Waals surface area contributed by atoms with Crippen molar-refractivity contribution in [3.05, 3.63) is 10.7 Å². The molecule has 0 aliphatic heterocycles. The van der Waals surface area contributed by atoms with Crippen LogP contribution in [0, 0.1) is 13.8 Å². The fourth-order valence-corrected chi connectivity index (χ4v) is 1.99. The maximum Gasteiger partial charge on any atom is 0.239 e. The highest BCUT2D eigenvalue weighted by molar-refractivity contribution is 7.15. The Morgan fingerprint density at radius 1 is 1.31 bits per heavy atom. The van der Waals surface area contributed by atoms with Crippen molar-refractivity contribution in [1.82, 2.24) is 20.2 Å². The van der Waals surface area contributed by atoms with Crippen LogP contribution in [0.1, 0.15) is 10.7 Å². The Kier molecular flexibility index (Phi) is 1.77. The van der Waals surface area contributed by atoms with Crippen LogP contribution in [-0.4, -0.2) is 20.2 Å². The number of nitrogens with one attached hydrogen (secondary N) is 1. The van der Waals surface area contributed by atoms with Crippen LogP contribution in [0.4, 0.5) is 5.95 Å². The summed E-state index contributed by atoms with van der Waals surface area (Å²) in [5, 5.41) is 7.54. The van der Waals surface area contributed by atoms with Crippen molar-refractivity contribution < 1.29 is 0 Å². The van der Waals surface area contributed by atoms with Gasteiger partial charge in [0.25, 0.3) is 0 Å². The summed E-state index contributed by atoms with van der Waals surface area (Å²) in [6, 6.07) is 0. The highest BCUT2D eigenvalue weighted by Gasteiger charge is 2.10. The number of nitrogens with two attached hydrogens (primary N) is 1. The SMILES string of the molecule is Cc1nc(C)c(-c2nc(N)n[nH]2)s1. The second kappa shape index (κ2) is 2.81. The van der Waals surface area contributed by atoms with Gasteiger partial charge in [0.05, 0.1) is 15.6 Å². The van der Waals surface area contributed by atoms with Crippen LogP contribution in [0.15, 0.2) is 0 Å². The molecule has 0 bridgehead atoms. The first kappa shape index (κ1) is 8.18. The summed E-state index contributed by atoms with van der Waals surface area (Å²) in [6.45, 7) is 3.90. The largest absolute Gasteiger partial charge is 0.366 e. The van der Waals surface area contributed by atoms with Crippen molar-refractivity contribution in [1.29, 1.82) is 0 Å². The first-order valence-corrected chi connectivity index (χ1v) is 4.61. The maximum atomic E-state index is 5.40. The third kappa shape index (κ3) is 1.40. The van der Waals surface area contributed by atoms with Gasteiger partial charge in [-0.3, -0.25) is 5.10 Å². The quantitative estimate of drug-likeness (QED) is 0.714. The third-order valence-electron chi connectivity index (χ3n) is 1.62. The molecule has 6 heteroatoms. The van der Waals surface area contributed by atoms with Crippen molar-refractivity contribution in [2.75, 3.05) is 5.73 Å². The maximum absolute atomic E-state index is 5.40. The van der Waals surface area contributed by atoms with Gasteiger partial charge < -0.3 is 5.73 Å². The van der Waals surface area contributed by atoms with E-state index in [2.05, 4.69) is 20.2 Å². The first-order chi connectivity index (χ1) is 6.16. The Labute approximate surface area is 79.0 Å². The summed E-state index contributed by atoms with van der Waals surface area (Å²) >= 11 is 1.58. The van der Waals surface area contributed by atoms with Gasteiger partial charge in [-0.1, -0.05) is 0 Å². The summed E-state index contributed by atoms with van der Waals surface area (Å²) < 4.78 is 0. The normalized spacial score (nSPS) is 10.6. The monoisotopic (exact) mass is 195 g/mol. The molecule has 2 rings (SSSR count). The van der Waals surface area contributed by atoms with Gasteiger partial charge in [-0.2, -0.15) is 4.98 Å². The Bertz CT molecular complexity index is 430. The minimum atomic E-state index is 0.264. The zero-order chi connectivity index (χ0) is 9.42. The molecule has 0 aliphatic rings. The molecular formula is C7H9N5S. The molecule has 2 aromatic rings. The molecular weight excluding hydrogens is 186 g/mol. The highest BCUT2D eigenvalue weighted by atomic mass is 32.1. The van der Waals surface area contributed by atoms with Crippen LogP contribution in [0.5, 0.6) is 0 Å². The summed E-state index contributed by atoms with van der Waals surface area (Å²) in [5.74, 6) is 0.959. The summed E-state index contributed by atoms with van der Waals surface area (Å²) in [5.41, 5.74) is 6.36. The molecule has 0 saturated heterocycles. The van der Waals surface area contributed by atoms with E-state index in [0.717, 1.165) is 15.6 Å². The molecule has 0 radical (unpaired) electrons. The molecule has 2 aromatic heterocycles. The van der Waals surface area contributed by atoms with Crippen molar-refractivity contribution in [2.45, 2.75) is 13.8 Å². The predicted molar refractivity (Wildman–Crippen MR) is 51.4 cm³/mol. The zero-order valence-electron chi connectivity index (χ0n) is 7.33. The molecule has 68 valence electrons. The van der Waals surface area contributed by atoms with Gasteiger partial charge in [0.1, 0.15) is 0 Å². The Balaban J connectivity index is 2.51. The van der Waals surface area contributed by atoms with Gasteiger partial charge in [0.2, 0.25) is 5.95 Å². The van der Waals surface area contributed by atoms with Crippen molar-refractivity contribution in [2.24, 2.45) is 0 Å². The summed E-state index contributed by atoms with van der Waals surface area (Å²) in [6.07, 6.45) is 0. The average molecular weight is 195 g/mol. The minimum Gasteiger partial charge on any atom is -0.366 e. The summed E-state index contributed by atoms with van der Waals surface area (Å²) in [4.78, 5) is 9.32. The predicted octanol–water partition coefficient (Wildman–Crippen LogP) is 1.13. The number of anilines is 1. The number of nitrogen functional groups attached to an aromatic ring is 1. The lowest BCUT2D eigenvalue weighted by molar-refractivity contribution is 1.10. The van der Waals surface area contributed by atoms with E-state index in [-0.39, 0.29) is 5.95 Å². The standard InChI is InChI=1S/C7H9N5S/c1-3-5(13-4(2)9-3)6-10-7(8)12-11-6/h1-2H3,(H3,8,10,11,12). The molecule has 0 unspecified atom stereocenters. The van der Waals surface area contributed by atoms with E-state index in [9.17, 15) is 0 Å². The number of aromatic nitrogens is 4. The smallest absolute Gasteiger partial charge is 0.239 e. The van der Waals surface area contributed by atoms with Crippen molar-refractivity contribution in [3.63, 3.8) is 0 Å². The van der Waals surface area contributed by atoms with Crippen LogP contribution >= 0.6 is 11.3 Å². The number of nitrogens with zero attached hydrogens (tertiary/aromatic N) is 3. The Morgan fingerprint density at radius 3 is 2.54 bits per heavy atom. The topological polar surface area (TPSA) is 80.5 Å². The van der Waals surface area contributed by atoms with E-state index >= 15 is 0 Å². The first-order valence-electron chi connectivity index (χ1n) is 3.79. The van der Waals surface area contributed by atoms with Crippen LogP contribution < -0.4 is 5.73 Å². The Hall–Kier alpha value is -1.43. The van der Waals surface area contributed by atoms with Crippen LogP contribution in [0.2, 0.25) is 0 Å². The average Bonchev–Trinajstić information content (AvgIpc) is 2.58. The third-order valence-corrected chi connectivity index (χ3v) is 2.70. The number of aromatic amines is 1. The number of rotatable bonds is 1. The lowest BCUT2D eigenvalue weighted by atomic mass is 10.4. The van der Waals surface area contributed by atoms with Gasteiger partial charge >= 0.3 is 0 Å². The molecule has 0 aliphatic carbocycles. The lowest BCUT2D eigenvalue weighted by Crippen LogP contribution is -1.85. The Morgan fingerprint density at radius 2 is 2.08 bits per heavy atom. The molecule has 0 saturated carbocycles. The molecule has 5 nitrogen and oxygen atoms in total. The van der Waals surface area contributed by atoms with E-state index < -0.39 is 0 Å². The number of aryl methyl sites for hydroxylation is 2. The van der Waals surface area contributed by atoms with Gasteiger partial charge in [0, 0.05) is 0 Å². The molecule has 0 atom stereocenters. The fraction of sp³-hybridized carbons (Fsp3) is 0.286. The molecule has 0 amide bonds. The lowest BCUT2D eigenvalue weighted by Gasteiger charge is -1.88. The van der Waals surface area contributed by atoms with Gasteiger partial charge in [-0.05, 0) is 13.8 Å². The van der Waals surface area contributed by atoms with Gasteiger partial charge in [-0.15, -0.1) is 16.4 Å². The number of thiazole rings is 1. The number of hydrogen-bond acceptors (Lipinski definition) is 5. The van der Waals surface area contributed by atoms with E-state index in [1.807, 2.05) is 13.8 Å².